The number of hydrogen-bond acceptors (Lipinski definition) is 2. The van der Waals surface area contributed by atoms with Crippen molar-refractivity contribution < 1.29 is 4.39 Å². The monoisotopic (exact) mass is 154 g/mol. The van der Waals surface area contributed by atoms with Gasteiger partial charge in [0.25, 0.3) is 0 Å². The number of aromatic nitrogens is 1. The molecule has 2 nitrogen and oxygen atoms in total. The highest BCUT2D eigenvalue weighted by Gasteiger charge is 2.03. The summed E-state index contributed by atoms with van der Waals surface area (Å²) in [5.41, 5.74) is 6.54. The first kappa shape index (κ1) is 7.98. The molecule has 0 saturated heterocycles. The van der Waals surface area contributed by atoms with Crippen molar-refractivity contribution in [2.24, 2.45) is 0 Å². The van der Waals surface area contributed by atoms with Crippen molar-refractivity contribution in [1.82, 2.24) is 4.98 Å². The van der Waals surface area contributed by atoms with Crippen LogP contribution in [0.4, 0.5) is 10.1 Å². The summed E-state index contributed by atoms with van der Waals surface area (Å²) in [7, 11) is 0. The Bertz CT molecular complexity index is 228. The quantitative estimate of drug-likeness (QED) is 0.704. The molecule has 3 heteroatoms. The minimum atomic E-state index is -0.299. The lowest BCUT2D eigenvalue weighted by atomic mass is 10.1. The third kappa shape index (κ3) is 1.67. The summed E-state index contributed by atoms with van der Waals surface area (Å²) < 4.78 is 12.9. The second kappa shape index (κ2) is 3.32. The Morgan fingerprint density at radius 2 is 2.27 bits per heavy atom. The molecule has 0 amide bonds. The lowest BCUT2D eigenvalue weighted by Gasteiger charge is -2.03. The third-order valence-electron chi connectivity index (χ3n) is 1.54. The normalized spacial score (nSPS) is 10.0. The van der Waals surface area contributed by atoms with Gasteiger partial charge in [0.05, 0.1) is 18.1 Å². The van der Waals surface area contributed by atoms with Gasteiger partial charge in [0.15, 0.2) is 0 Å². The van der Waals surface area contributed by atoms with E-state index in [9.17, 15) is 4.39 Å². The molecule has 0 saturated carbocycles. The summed E-state index contributed by atoms with van der Waals surface area (Å²) >= 11 is 0. The summed E-state index contributed by atoms with van der Waals surface area (Å²) in [6.45, 7) is 1.99. The van der Waals surface area contributed by atoms with E-state index < -0.39 is 0 Å². The zero-order valence-electron chi connectivity index (χ0n) is 6.47. The first-order valence-electron chi connectivity index (χ1n) is 3.63. The molecule has 0 aromatic carbocycles. The summed E-state index contributed by atoms with van der Waals surface area (Å²) in [5, 5.41) is 0. The second-order valence-corrected chi connectivity index (χ2v) is 2.44. The molecule has 60 valence electrons. The molecule has 1 aromatic rings. The minimum absolute atomic E-state index is 0.299. The van der Waals surface area contributed by atoms with Crippen molar-refractivity contribution in [2.45, 2.75) is 19.8 Å². The molecule has 1 aromatic heterocycles. The minimum Gasteiger partial charge on any atom is -0.397 e. The van der Waals surface area contributed by atoms with Crippen molar-refractivity contribution in [3.63, 3.8) is 0 Å². The molecule has 0 bridgehead atoms. The van der Waals surface area contributed by atoms with Crippen LogP contribution in [0, 0.1) is 5.82 Å². The molecule has 0 aliphatic carbocycles. The molecular weight excluding hydrogens is 143 g/mol. The van der Waals surface area contributed by atoms with E-state index >= 15 is 0 Å². The van der Waals surface area contributed by atoms with Crippen molar-refractivity contribution >= 4 is 5.69 Å². The fraction of sp³-hybridized carbons (Fsp3) is 0.375. The standard InChI is InChI=1S/C8H11FN2/c1-2-3-6-7(9)4-11-5-8(6)10/h4-5H,2-3,10H2,1H3. The maximum atomic E-state index is 12.9. The van der Waals surface area contributed by atoms with Gasteiger partial charge in [0, 0.05) is 5.56 Å². The highest BCUT2D eigenvalue weighted by molar-refractivity contribution is 5.44. The van der Waals surface area contributed by atoms with Gasteiger partial charge in [-0.2, -0.15) is 0 Å². The zero-order chi connectivity index (χ0) is 8.27. The van der Waals surface area contributed by atoms with Crippen LogP contribution >= 0.6 is 0 Å². The van der Waals surface area contributed by atoms with E-state index in [1.807, 2.05) is 6.92 Å². The Morgan fingerprint density at radius 1 is 1.55 bits per heavy atom. The van der Waals surface area contributed by atoms with Crippen molar-refractivity contribution in [2.75, 3.05) is 5.73 Å². The predicted octanol–water partition coefficient (Wildman–Crippen LogP) is 1.76. The molecule has 0 atom stereocenters. The molecule has 0 aliphatic rings. The molecule has 0 spiro atoms. The highest BCUT2D eigenvalue weighted by Crippen LogP contribution is 2.15. The largest absolute Gasteiger partial charge is 0.397 e. The molecule has 1 heterocycles. The molecular formula is C8H11FN2. The van der Waals surface area contributed by atoms with Crippen LogP contribution in [0.15, 0.2) is 12.4 Å². The van der Waals surface area contributed by atoms with E-state index in [4.69, 9.17) is 5.73 Å². The average Bonchev–Trinajstić information content (AvgIpc) is 1.97. The zero-order valence-corrected chi connectivity index (χ0v) is 6.47. The number of nitrogens with zero attached hydrogens (tertiary/aromatic N) is 1. The van der Waals surface area contributed by atoms with Crippen LogP contribution in [0.1, 0.15) is 18.9 Å². The number of halogens is 1. The summed E-state index contributed by atoms with van der Waals surface area (Å²) in [4.78, 5) is 3.63. The number of rotatable bonds is 2. The Hall–Kier alpha value is -1.12. The lowest BCUT2D eigenvalue weighted by Crippen LogP contribution is -1.98. The van der Waals surface area contributed by atoms with Crippen LogP contribution < -0.4 is 5.73 Å². The van der Waals surface area contributed by atoms with Crippen LogP contribution in [0.5, 0.6) is 0 Å². The van der Waals surface area contributed by atoms with Gasteiger partial charge in [-0.1, -0.05) is 13.3 Å². The Balaban J connectivity index is 3.00. The number of nitrogens with two attached hydrogens (primary N) is 1. The number of pyridine rings is 1. The van der Waals surface area contributed by atoms with E-state index in [2.05, 4.69) is 4.98 Å². The van der Waals surface area contributed by atoms with Crippen LogP contribution in [-0.2, 0) is 6.42 Å². The number of nitrogen functional groups attached to an aromatic ring is 1. The van der Waals surface area contributed by atoms with Crippen LogP contribution in [0.2, 0.25) is 0 Å². The second-order valence-electron chi connectivity index (χ2n) is 2.44. The van der Waals surface area contributed by atoms with Crippen molar-refractivity contribution in [3.8, 4) is 0 Å². The number of hydrogen-bond donors (Lipinski definition) is 1. The molecule has 0 radical (unpaired) electrons. The maximum absolute atomic E-state index is 12.9. The molecule has 0 unspecified atom stereocenters. The Morgan fingerprint density at radius 3 is 2.82 bits per heavy atom. The fourth-order valence-electron chi connectivity index (χ4n) is 0.990. The van der Waals surface area contributed by atoms with Gasteiger partial charge < -0.3 is 5.73 Å². The van der Waals surface area contributed by atoms with Gasteiger partial charge in [0.1, 0.15) is 5.82 Å². The van der Waals surface area contributed by atoms with Gasteiger partial charge in [-0.25, -0.2) is 4.39 Å². The first-order valence-corrected chi connectivity index (χ1v) is 3.63. The van der Waals surface area contributed by atoms with Gasteiger partial charge in [-0.05, 0) is 6.42 Å². The molecule has 0 fully saturated rings. The Labute approximate surface area is 65.3 Å². The van der Waals surface area contributed by atoms with E-state index in [0.717, 1.165) is 6.42 Å². The third-order valence-corrected chi connectivity index (χ3v) is 1.54. The average molecular weight is 154 g/mol. The molecule has 11 heavy (non-hydrogen) atoms. The number of anilines is 1. The van der Waals surface area contributed by atoms with Crippen molar-refractivity contribution in [3.05, 3.63) is 23.8 Å². The smallest absolute Gasteiger partial charge is 0.146 e. The SMILES string of the molecule is CCCc1c(N)cncc1F. The van der Waals surface area contributed by atoms with Crippen LogP contribution in [0.3, 0.4) is 0 Å². The summed E-state index contributed by atoms with van der Waals surface area (Å²) in [5.74, 6) is -0.299. The van der Waals surface area contributed by atoms with E-state index in [1.165, 1.54) is 12.4 Å². The van der Waals surface area contributed by atoms with E-state index in [1.54, 1.807) is 0 Å². The Kier molecular flexibility index (Phi) is 2.41. The van der Waals surface area contributed by atoms with Crippen LogP contribution in [-0.4, -0.2) is 4.98 Å². The van der Waals surface area contributed by atoms with Gasteiger partial charge in [0.2, 0.25) is 0 Å². The first-order chi connectivity index (χ1) is 5.25. The summed E-state index contributed by atoms with van der Waals surface area (Å²) in [6, 6.07) is 0. The summed E-state index contributed by atoms with van der Waals surface area (Å²) in [6.07, 6.45) is 4.25. The van der Waals surface area contributed by atoms with Crippen molar-refractivity contribution in [1.29, 1.82) is 0 Å². The maximum Gasteiger partial charge on any atom is 0.146 e. The predicted molar refractivity (Wildman–Crippen MR) is 42.6 cm³/mol. The van der Waals surface area contributed by atoms with E-state index in [0.29, 0.717) is 17.7 Å². The van der Waals surface area contributed by atoms with Gasteiger partial charge in [-0.15, -0.1) is 0 Å². The fourth-order valence-corrected chi connectivity index (χ4v) is 0.990. The van der Waals surface area contributed by atoms with Gasteiger partial charge in [-0.3, -0.25) is 4.98 Å². The molecule has 2 N–H and O–H groups in total. The molecule has 0 aliphatic heterocycles. The topological polar surface area (TPSA) is 38.9 Å². The lowest BCUT2D eigenvalue weighted by molar-refractivity contribution is 0.602. The van der Waals surface area contributed by atoms with Crippen LogP contribution in [0.25, 0.3) is 0 Å². The van der Waals surface area contributed by atoms with E-state index in [-0.39, 0.29) is 5.82 Å². The van der Waals surface area contributed by atoms with Gasteiger partial charge >= 0.3 is 0 Å². The highest BCUT2D eigenvalue weighted by atomic mass is 19.1. The molecule has 1 rings (SSSR count).